The van der Waals surface area contributed by atoms with Crippen LogP contribution in [0.15, 0.2) is 30.3 Å². The fourth-order valence-corrected chi connectivity index (χ4v) is 1.15. The van der Waals surface area contributed by atoms with E-state index in [2.05, 4.69) is 16.2 Å². The quantitative estimate of drug-likeness (QED) is 0.684. The summed E-state index contributed by atoms with van der Waals surface area (Å²) in [7, 11) is 1.46. The number of ether oxygens (including phenoxy) is 1. The van der Waals surface area contributed by atoms with Crippen LogP contribution < -0.4 is 16.2 Å². The SMILES string of the molecule is CNC(=O)NNC(=O)C(C)OCc1ccccc1. The number of nitrogens with one attached hydrogen (secondary N) is 3. The molecule has 1 aromatic rings. The Balaban J connectivity index is 2.30. The van der Waals surface area contributed by atoms with E-state index in [-0.39, 0.29) is 0 Å². The van der Waals surface area contributed by atoms with Crippen LogP contribution in [0.4, 0.5) is 4.79 Å². The minimum absolute atomic E-state index is 0.343. The third kappa shape index (κ3) is 4.84. The second kappa shape index (κ2) is 7.29. The average Bonchev–Trinajstić information content (AvgIpc) is 2.42. The maximum absolute atomic E-state index is 11.5. The molecule has 3 amide bonds. The van der Waals surface area contributed by atoms with E-state index in [1.807, 2.05) is 30.3 Å². The standard InChI is InChI=1S/C12H17N3O3/c1-9(11(16)14-15-12(17)13-2)18-8-10-6-4-3-5-7-10/h3-7,9H,8H2,1-2H3,(H,14,16)(H2,13,15,17). The molecule has 0 aliphatic carbocycles. The van der Waals surface area contributed by atoms with Gasteiger partial charge in [-0.3, -0.25) is 10.2 Å². The molecule has 1 aromatic carbocycles. The van der Waals surface area contributed by atoms with Crippen molar-refractivity contribution in [2.45, 2.75) is 19.6 Å². The van der Waals surface area contributed by atoms with E-state index in [9.17, 15) is 9.59 Å². The van der Waals surface area contributed by atoms with Gasteiger partial charge in [-0.05, 0) is 12.5 Å². The molecule has 3 N–H and O–H groups in total. The summed E-state index contributed by atoms with van der Waals surface area (Å²) in [6, 6.07) is 9.04. The molecule has 0 saturated heterocycles. The molecule has 0 aromatic heterocycles. The van der Waals surface area contributed by atoms with E-state index in [0.717, 1.165) is 5.56 Å². The van der Waals surface area contributed by atoms with Gasteiger partial charge in [0, 0.05) is 7.05 Å². The van der Waals surface area contributed by atoms with Gasteiger partial charge >= 0.3 is 6.03 Å². The summed E-state index contributed by atoms with van der Waals surface area (Å²) >= 11 is 0. The Hall–Kier alpha value is -2.08. The van der Waals surface area contributed by atoms with Crippen LogP contribution in [0.2, 0.25) is 0 Å². The zero-order chi connectivity index (χ0) is 13.4. The maximum atomic E-state index is 11.5. The molecule has 1 unspecified atom stereocenters. The van der Waals surface area contributed by atoms with Crippen LogP contribution in [0, 0.1) is 0 Å². The number of hydrogen-bond acceptors (Lipinski definition) is 3. The van der Waals surface area contributed by atoms with E-state index >= 15 is 0 Å². The fraction of sp³-hybridized carbons (Fsp3) is 0.333. The van der Waals surface area contributed by atoms with Crippen molar-refractivity contribution in [1.29, 1.82) is 0 Å². The molecule has 18 heavy (non-hydrogen) atoms. The third-order valence-electron chi connectivity index (χ3n) is 2.24. The Labute approximate surface area is 106 Å². The summed E-state index contributed by atoms with van der Waals surface area (Å²) in [5.74, 6) is -0.408. The van der Waals surface area contributed by atoms with Gasteiger partial charge in [0.25, 0.3) is 5.91 Å². The summed E-state index contributed by atoms with van der Waals surface area (Å²) in [4.78, 5) is 22.3. The van der Waals surface area contributed by atoms with Crippen LogP contribution in [0.25, 0.3) is 0 Å². The zero-order valence-electron chi connectivity index (χ0n) is 10.4. The molecule has 98 valence electrons. The van der Waals surface area contributed by atoms with Gasteiger partial charge in [0.15, 0.2) is 0 Å². The predicted octanol–water partition coefficient (Wildman–Crippen LogP) is 0.552. The minimum Gasteiger partial charge on any atom is -0.364 e. The van der Waals surface area contributed by atoms with Gasteiger partial charge in [-0.15, -0.1) is 0 Å². The summed E-state index contributed by atoms with van der Waals surface area (Å²) in [6.07, 6.45) is -0.651. The first-order valence-corrected chi connectivity index (χ1v) is 5.56. The van der Waals surface area contributed by atoms with Crippen molar-refractivity contribution in [3.05, 3.63) is 35.9 Å². The minimum atomic E-state index is -0.651. The van der Waals surface area contributed by atoms with Crippen LogP contribution in [-0.2, 0) is 16.1 Å². The summed E-state index contributed by atoms with van der Waals surface area (Å²) in [5.41, 5.74) is 5.41. The fourth-order valence-electron chi connectivity index (χ4n) is 1.15. The Kier molecular flexibility index (Phi) is 5.66. The van der Waals surface area contributed by atoms with E-state index in [1.165, 1.54) is 7.05 Å². The van der Waals surface area contributed by atoms with Gasteiger partial charge in [0.05, 0.1) is 6.61 Å². The van der Waals surface area contributed by atoms with Crippen molar-refractivity contribution >= 4 is 11.9 Å². The lowest BCUT2D eigenvalue weighted by Gasteiger charge is -2.13. The van der Waals surface area contributed by atoms with Crippen molar-refractivity contribution in [2.24, 2.45) is 0 Å². The van der Waals surface area contributed by atoms with Crippen LogP contribution in [0.1, 0.15) is 12.5 Å². The first-order chi connectivity index (χ1) is 8.63. The highest BCUT2D eigenvalue weighted by atomic mass is 16.5. The van der Waals surface area contributed by atoms with E-state index in [4.69, 9.17) is 4.74 Å². The Morgan fingerprint density at radius 3 is 2.50 bits per heavy atom. The molecule has 0 saturated carbocycles. The smallest absolute Gasteiger partial charge is 0.333 e. The van der Waals surface area contributed by atoms with Gasteiger partial charge < -0.3 is 10.1 Å². The highest BCUT2D eigenvalue weighted by molar-refractivity contribution is 5.83. The lowest BCUT2D eigenvalue weighted by atomic mass is 10.2. The lowest BCUT2D eigenvalue weighted by molar-refractivity contribution is -0.133. The van der Waals surface area contributed by atoms with Crippen molar-refractivity contribution in [3.63, 3.8) is 0 Å². The molecular formula is C12H17N3O3. The highest BCUT2D eigenvalue weighted by Crippen LogP contribution is 2.03. The average molecular weight is 251 g/mol. The van der Waals surface area contributed by atoms with E-state index < -0.39 is 18.0 Å². The topological polar surface area (TPSA) is 79.5 Å². The van der Waals surface area contributed by atoms with Gasteiger partial charge in [-0.1, -0.05) is 30.3 Å². The number of amides is 3. The molecule has 0 heterocycles. The molecular weight excluding hydrogens is 234 g/mol. The second-order valence-corrected chi connectivity index (χ2v) is 3.63. The molecule has 0 aliphatic rings. The van der Waals surface area contributed by atoms with Crippen molar-refractivity contribution in [1.82, 2.24) is 16.2 Å². The number of carbonyl (C=O) groups is 2. The Morgan fingerprint density at radius 2 is 1.89 bits per heavy atom. The van der Waals surface area contributed by atoms with Gasteiger partial charge in [-0.25, -0.2) is 10.2 Å². The van der Waals surface area contributed by atoms with Crippen molar-refractivity contribution in [2.75, 3.05) is 7.05 Å². The predicted molar refractivity (Wildman–Crippen MR) is 66.4 cm³/mol. The monoisotopic (exact) mass is 251 g/mol. The zero-order valence-corrected chi connectivity index (χ0v) is 10.4. The van der Waals surface area contributed by atoms with E-state index in [0.29, 0.717) is 6.61 Å². The number of rotatable bonds is 4. The number of hydrogen-bond donors (Lipinski definition) is 3. The summed E-state index contributed by atoms with van der Waals surface area (Å²) in [5, 5.41) is 2.31. The first-order valence-electron chi connectivity index (χ1n) is 5.56. The molecule has 0 bridgehead atoms. The molecule has 6 heteroatoms. The Bertz CT molecular complexity index is 395. The van der Waals surface area contributed by atoms with E-state index in [1.54, 1.807) is 6.92 Å². The number of hydrazine groups is 1. The van der Waals surface area contributed by atoms with Crippen molar-refractivity contribution < 1.29 is 14.3 Å². The van der Waals surface area contributed by atoms with Crippen LogP contribution in [0.3, 0.4) is 0 Å². The first kappa shape index (κ1) is 14.0. The molecule has 1 rings (SSSR count). The van der Waals surface area contributed by atoms with Crippen LogP contribution in [-0.4, -0.2) is 25.1 Å². The third-order valence-corrected chi connectivity index (χ3v) is 2.24. The summed E-state index contributed by atoms with van der Waals surface area (Å²) < 4.78 is 5.37. The summed E-state index contributed by atoms with van der Waals surface area (Å²) in [6.45, 7) is 1.96. The second-order valence-electron chi connectivity index (χ2n) is 3.63. The highest BCUT2D eigenvalue weighted by Gasteiger charge is 2.13. The van der Waals surface area contributed by atoms with Gasteiger partial charge in [0.2, 0.25) is 0 Å². The van der Waals surface area contributed by atoms with Crippen LogP contribution >= 0.6 is 0 Å². The number of urea groups is 1. The molecule has 0 radical (unpaired) electrons. The molecule has 0 spiro atoms. The number of benzene rings is 1. The largest absolute Gasteiger partial charge is 0.364 e. The normalized spacial score (nSPS) is 11.4. The van der Waals surface area contributed by atoms with Gasteiger partial charge in [0.1, 0.15) is 6.10 Å². The molecule has 0 fully saturated rings. The lowest BCUT2D eigenvalue weighted by Crippen LogP contribution is -2.49. The maximum Gasteiger partial charge on any atom is 0.333 e. The Morgan fingerprint density at radius 1 is 1.22 bits per heavy atom. The molecule has 1 atom stereocenters. The molecule has 0 aliphatic heterocycles. The number of carbonyl (C=O) groups excluding carboxylic acids is 2. The van der Waals surface area contributed by atoms with Crippen LogP contribution in [0.5, 0.6) is 0 Å². The van der Waals surface area contributed by atoms with Crippen molar-refractivity contribution in [3.8, 4) is 0 Å². The van der Waals surface area contributed by atoms with Gasteiger partial charge in [-0.2, -0.15) is 0 Å². The molecule has 6 nitrogen and oxygen atoms in total.